The van der Waals surface area contributed by atoms with Gasteiger partial charge in [0.05, 0.1) is 22.5 Å². The molecule has 0 aromatic rings. The van der Waals surface area contributed by atoms with Crippen LogP contribution >= 0.6 is 0 Å². The molecule has 1 fully saturated rings. The largest absolute Gasteiger partial charge is 0.462 e. The number of hydrogen-bond acceptors (Lipinski definition) is 5. The average Bonchev–Trinajstić information content (AvgIpc) is 2.92. The molecule has 8 atom stereocenters. The molecule has 1 N–H and O–H groups in total. The van der Waals surface area contributed by atoms with Crippen LogP contribution in [-0.4, -0.2) is 36.8 Å². The Bertz CT molecular complexity index is 1330. The maximum atomic E-state index is 13.4. The molecule has 3 rings (SSSR count). The lowest BCUT2D eigenvalue weighted by atomic mass is 9.65. The van der Waals surface area contributed by atoms with Crippen LogP contribution in [0, 0.1) is 29.5 Å². The standard InChI is InChI=1S/C24H36O5/c1-5-15(3)24(27)29-21-11-14(2)10-17-7-6-16(4)20(23(17)21)9-8-19-12-18(25)13-22(26)28-19/h6-7,10,14-16,18-21,23,25H,5,8-9,11-13H2,1-4H3/t14-,15-,16-,18+,19?,20-,21?,23-/m0/s1/i1D3,2D3,5D2,6D,7D,10D,11D2,13D2,14D,16D,25D. The van der Waals surface area contributed by atoms with Gasteiger partial charge in [-0.2, -0.15) is 0 Å². The Labute approximate surface area is 199 Å². The van der Waals surface area contributed by atoms with Gasteiger partial charge in [0, 0.05) is 31.5 Å². The summed E-state index contributed by atoms with van der Waals surface area (Å²) in [6, 6.07) is -2.88. The third-order valence-electron chi connectivity index (χ3n) is 5.23. The Morgan fingerprint density at radius 1 is 1.62 bits per heavy atom. The van der Waals surface area contributed by atoms with Crippen molar-refractivity contribution in [1.29, 1.82) is 1.43 Å². The first-order chi connectivity index (χ1) is 20.9. The first kappa shape index (κ1) is 8.49. The monoisotopic (exact) mass is 422 g/mol. The predicted molar refractivity (Wildman–Crippen MR) is 111 cm³/mol. The van der Waals surface area contributed by atoms with Crippen LogP contribution in [0.25, 0.3) is 0 Å². The normalized spacial score (nSPS) is 57.9. The molecule has 5 heteroatoms. The maximum Gasteiger partial charge on any atom is 0.308 e. The molecule has 3 aliphatic rings. The zero-order valence-electron chi connectivity index (χ0n) is 34.1. The second-order valence-electron chi connectivity index (χ2n) is 7.32. The number of hydrogen-bond donors (Lipinski definition) is 1. The molecule has 0 saturated carbocycles. The number of fused-ring (bicyclic) bond motifs is 1. The van der Waals surface area contributed by atoms with Crippen molar-refractivity contribution in [2.45, 2.75) is 84.2 Å². The van der Waals surface area contributed by atoms with E-state index >= 15 is 0 Å². The number of aliphatic hydroxyl groups excluding tert-OH is 1. The smallest absolute Gasteiger partial charge is 0.308 e. The molecule has 1 aliphatic heterocycles. The molecule has 2 aliphatic carbocycles. The van der Waals surface area contributed by atoms with Crippen LogP contribution in [0.1, 0.15) is 89.2 Å². The molecule has 1 heterocycles. The fraction of sp³-hybridized carbons (Fsp3) is 0.750. The molecule has 5 nitrogen and oxygen atoms in total. The molecule has 0 bridgehead atoms. The summed E-state index contributed by atoms with van der Waals surface area (Å²) in [4.78, 5) is 25.7. The highest BCUT2D eigenvalue weighted by Gasteiger charge is 2.42. The minimum Gasteiger partial charge on any atom is -0.462 e. The van der Waals surface area contributed by atoms with Gasteiger partial charge in [0.1, 0.15) is 12.2 Å². The summed E-state index contributed by atoms with van der Waals surface area (Å²) in [6.07, 6.45) is -15.4. The van der Waals surface area contributed by atoms with Gasteiger partial charge in [0.15, 0.2) is 0 Å². The molecule has 0 amide bonds. The van der Waals surface area contributed by atoms with Crippen LogP contribution in [0.2, 0.25) is 0 Å². The van der Waals surface area contributed by atoms with Crippen molar-refractivity contribution in [2.75, 3.05) is 0 Å². The topological polar surface area (TPSA) is 72.8 Å². The summed E-state index contributed by atoms with van der Waals surface area (Å²) in [5.41, 5.74) is -0.681. The zero-order chi connectivity index (χ0) is 36.7. The fourth-order valence-electron chi connectivity index (χ4n) is 3.68. The summed E-state index contributed by atoms with van der Waals surface area (Å²) in [5, 5.41) is 4.38. The van der Waals surface area contributed by atoms with Crippen molar-refractivity contribution in [1.82, 2.24) is 0 Å². The van der Waals surface area contributed by atoms with E-state index in [9.17, 15) is 9.59 Å². The SMILES string of the molecule is [2H]O[C@@H]1CC(CC[C@@H]2[C@@H]3C(=C([2H])[C@]([2H])(C([2H])([2H])[2H])C([2H])([2H])C3OC(=O)[C@@H](C)C([2H])([2H])C([2H])([2H])[2H])C([2H])=C([2H])[C@]2([2H])C)OC(=O)C1([2H])[2H]. The van der Waals surface area contributed by atoms with Gasteiger partial charge in [0.2, 0.25) is 1.43 Å². The van der Waals surface area contributed by atoms with Gasteiger partial charge >= 0.3 is 11.9 Å². The van der Waals surface area contributed by atoms with E-state index < -0.39 is 116 Å². The molecule has 162 valence electrons. The number of carbonyl (C=O) groups excluding carboxylic acids is 2. The highest BCUT2D eigenvalue weighted by atomic mass is 16.5. The van der Waals surface area contributed by atoms with Crippen LogP contribution in [-0.2, 0) is 19.1 Å². The number of allylic oxidation sites excluding steroid dienone is 3. The molecule has 29 heavy (non-hydrogen) atoms. The van der Waals surface area contributed by atoms with Crippen molar-refractivity contribution >= 4 is 11.9 Å². The lowest BCUT2D eigenvalue weighted by Gasteiger charge is -2.43. The first-order valence-electron chi connectivity index (χ1n) is 18.3. The number of ether oxygens (including phenoxy) is 2. The predicted octanol–water partition coefficient (Wildman–Crippen LogP) is 4.20. The summed E-state index contributed by atoms with van der Waals surface area (Å²) in [5.74, 6) is -14.0. The van der Waals surface area contributed by atoms with Gasteiger partial charge in [0.25, 0.3) is 0 Å². The maximum absolute atomic E-state index is 13.4. The minimum atomic E-state index is -3.64. The third-order valence-corrected chi connectivity index (χ3v) is 5.23. The number of carbonyl (C=O) groups is 2. The van der Waals surface area contributed by atoms with Crippen molar-refractivity contribution < 1.29 is 47.5 Å². The van der Waals surface area contributed by atoms with E-state index in [1.165, 1.54) is 0 Å². The molecule has 2 unspecified atom stereocenters. The Morgan fingerprint density at radius 2 is 2.48 bits per heavy atom. The van der Waals surface area contributed by atoms with Crippen LogP contribution in [0.4, 0.5) is 0 Å². The fourth-order valence-corrected chi connectivity index (χ4v) is 3.68. The minimum absolute atomic E-state index is 0.245. The van der Waals surface area contributed by atoms with Gasteiger partial charge in [-0.15, -0.1) is 0 Å². The van der Waals surface area contributed by atoms with Gasteiger partial charge in [-0.05, 0) is 48.9 Å². The molecule has 1 saturated heterocycles. The van der Waals surface area contributed by atoms with E-state index in [0.29, 0.717) is 0 Å². The van der Waals surface area contributed by atoms with E-state index in [4.69, 9.17) is 34.2 Å². The molecule has 0 radical (unpaired) electrons. The Balaban J connectivity index is 2.23. The summed E-state index contributed by atoms with van der Waals surface area (Å²) in [6.45, 7) is -5.00. The summed E-state index contributed by atoms with van der Waals surface area (Å²) >= 11 is 0. The van der Waals surface area contributed by atoms with Crippen LogP contribution in [0.3, 0.4) is 0 Å². The molecule has 0 aromatic carbocycles. The van der Waals surface area contributed by atoms with Crippen molar-refractivity contribution in [3.8, 4) is 0 Å². The van der Waals surface area contributed by atoms with Crippen molar-refractivity contribution in [3.05, 3.63) is 23.7 Å². The molecular formula is C24H36O5. The van der Waals surface area contributed by atoms with Crippen LogP contribution in [0.15, 0.2) is 23.7 Å². The number of esters is 2. The van der Waals surface area contributed by atoms with Crippen molar-refractivity contribution in [2.24, 2.45) is 29.5 Å². The zero-order valence-corrected chi connectivity index (χ0v) is 16.1. The lowest BCUT2D eigenvalue weighted by molar-refractivity contribution is -0.162. The summed E-state index contributed by atoms with van der Waals surface area (Å²) in [7, 11) is 0. The first-order valence-corrected chi connectivity index (χ1v) is 9.38. The number of rotatable bonds is 7. The highest BCUT2D eigenvalue weighted by molar-refractivity contribution is 5.72. The molecular weight excluding hydrogens is 368 g/mol. The lowest BCUT2D eigenvalue weighted by Crippen LogP contribution is -2.42. The Morgan fingerprint density at radius 3 is 3.24 bits per heavy atom. The van der Waals surface area contributed by atoms with Crippen LogP contribution in [0.5, 0.6) is 0 Å². The van der Waals surface area contributed by atoms with Crippen LogP contribution < -0.4 is 0 Å². The second kappa shape index (κ2) is 9.46. The quantitative estimate of drug-likeness (QED) is 0.623. The number of aliphatic hydroxyl groups is 1. The Kier molecular flexibility index (Phi) is 2.77. The highest BCUT2D eigenvalue weighted by Crippen LogP contribution is 2.45. The van der Waals surface area contributed by atoms with E-state index in [0.717, 1.165) is 13.8 Å². The molecule has 0 aromatic heterocycles. The van der Waals surface area contributed by atoms with E-state index in [1.807, 2.05) is 0 Å². The van der Waals surface area contributed by atoms with Gasteiger partial charge in [-0.3, -0.25) is 9.59 Å². The van der Waals surface area contributed by atoms with Crippen molar-refractivity contribution in [3.63, 3.8) is 0 Å². The van der Waals surface area contributed by atoms with Gasteiger partial charge in [-0.25, -0.2) is 0 Å². The summed E-state index contributed by atoms with van der Waals surface area (Å²) < 4.78 is 158. The third kappa shape index (κ3) is 5.30. The Hall–Kier alpha value is -1.62. The second-order valence-corrected chi connectivity index (χ2v) is 7.32. The van der Waals surface area contributed by atoms with Gasteiger partial charge < -0.3 is 14.6 Å². The van der Waals surface area contributed by atoms with E-state index in [2.05, 4.69) is 5.11 Å². The molecule has 0 spiro atoms. The van der Waals surface area contributed by atoms with E-state index in [-0.39, 0.29) is 19.3 Å². The average molecular weight is 423 g/mol. The number of cyclic esters (lactones) is 1. The van der Waals surface area contributed by atoms with E-state index in [1.54, 1.807) is 0 Å². The van der Waals surface area contributed by atoms with Gasteiger partial charge in [-0.1, -0.05) is 45.7 Å².